The van der Waals surface area contributed by atoms with Gasteiger partial charge in [-0.2, -0.15) is 5.10 Å². The van der Waals surface area contributed by atoms with Crippen LogP contribution in [-0.2, 0) is 9.59 Å². The molecule has 1 atom stereocenters. The van der Waals surface area contributed by atoms with Crippen molar-refractivity contribution in [2.45, 2.75) is 6.42 Å². The standard InChI is InChI=1S/C19H18N4O3/c1-26-16-5-3-15(4-6-16)23-11-13(9-18(23)24)19(25)21-14-2-7-17-12(8-14)10-20-22-17/h2-8,10,13H,9,11H2,1H3,(H,20,22)(H,21,25)/t13-/m1/s1. The molecule has 1 aromatic heterocycles. The van der Waals surface area contributed by atoms with E-state index in [1.807, 2.05) is 30.3 Å². The quantitative estimate of drug-likeness (QED) is 0.757. The molecule has 132 valence electrons. The van der Waals surface area contributed by atoms with Gasteiger partial charge in [-0.05, 0) is 42.5 Å². The summed E-state index contributed by atoms with van der Waals surface area (Å²) in [6.45, 7) is 0.366. The minimum absolute atomic E-state index is 0.0550. The Hall–Kier alpha value is -3.35. The third-order valence-electron chi connectivity index (χ3n) is 4.59. The van der Waals surface area contributed by atoms with Crippen LogP contribution in [0.25, 0.3) is 10.9 Å². The van der Waals surface area contributed by atoms with E-state index >= 15 is 0 Å². The maximum atomic E-state index is 12.6. The molecule has 2 N–H and O–H groups in total. The lowest BCUT2D eigenvalue weighted by molar-refractivity contribution is -0.122. The second-order valence-corrected chi connectivity index (χ2v) is 6.26. The zero-order valence-electron chi connectivity index (χ0n) is 14.2. The molecule has 1 fully saturated rings. The number of nitrogens with one attached hydrogen (secondary N) is 2. The third-order valence-corrected chi connectivity index (χ3v) is 4.59. The van der Waals surface area contributed by atoms with Gasteiger partial charge in [-0.15, -0.1) is 0 Å². The van der Waals surface area contributed by atoms with Crippen molar-refractivity contribution in [2.75, 3.05) is 23.9 Å². The maximum Gasteiger partial charge on any atom is 0.229 e. The number of methoxy groups -OCH3 is 1. The smallest absolute Gasteiger partial charge is 0.229 e. The summed E-state index contributed by atoms with van der Waals surface area (Å²) in [6, 6.07) is 12.8. The van der Waals surface area contributed by atoms with E-state index in [-0.39, 0.29) is 24.2 Å². The zero-order chi connectivity index (χ0) is 18.1. The van der Waals surface area contributed by atoms with Crippen LogP contribution in [0, 0.1) is 5.92 Å². The maximum absolute atomic E-state index is 12.6. The van der Waals surface area contributed by atoms with Crippen LogP contribution in [0.15, 0.2) is 48.7 Å². The van der Waals surface area contributed by atoms with Gasteiger partial charge in [-0.25, -0.2) is 0 Å². The van der Waals surface area contributed by atoms with E-state index in [1.54, 1.807) is 30.3 Å². The fourth-order valence-corrected chi connectivity index (χ4v) is 3.16. The predicted molar refractivity (Wildman–Crippen MR) is 98.2 cm³/mol. The van der Waals surface area contributed by atoms with Gasteiger partial charge < -0.3 is 15.0 Å². The van der Waals surface area contributed by atoms with Crippen molar-refractivity contribution in [1.82, 2.24) is 10.2 Å². The van der Waals surface area contributed by atoms with Gasteiger partial charge in [0.25, 0.3) is 0 Å². The highest BCUT2D eigenvalue weighted by atomic mass is 16.5. The summed E-state index contributed by atoms with van der Waals surface area (Å²) in [4.78, 5) is 26.6. The lowest BCUT2D eigenvalue weighted by Gasteiger charge is -2.17. The van der Waals surface area contributed by atoms with Crippen molar-refractivity contribution in [2.24, 2.45) is 5.92 Å². The number of benzene rings is 2. The Kier molecular flexibility index (Phi) is 4.04. The number of anilines is 2. The largest absolute Gasteiger partial charge is 0.497 e. The average molecular weight is 350 g/mol. The number of ether oxygens (including phenoxy) is 1. The topological polar surface area (TPSA) is 87.3 Å². The van der Waals surface area contributed by atoms with Crippen molar-refractivity contribution < 1.29 is 14.3 Å². The number of hydrogen-bond acceptors (Lipinski definition) is 4. The summed E-state index contributed by atoms with van der Waals surface area (Å²) < 4.78 is 5.13. The van der Waals surface area contributed by atoms with Crippen molar-refractivity contribution in [3.8, 4) is 5.75 Å². The van der Waals surface area contributed by atoms with Crippen LogP contribution in [0.4, 0.5) is 11.4 Å². The van der Waals surface area contributed by atoms with Crippen LogP contribution in [0.3, 0.4) is 0 Å². The summed E-state index contributed by atoms with van der Waals surface area (Å²) in [7, 11) is 1.59. The van der Waals surface area contributed by atoms with Gasteiger partial charge in [-0.3, -0.25) is 14.7 Å². The first-order valence-corrected chi connectivity index (χ1v) is 8.32. The first kappa shape index (κ1) is 16.1. The Labute approximate surface area is 149 Å². The Morgan fingerprint density at radius 2 is 2.08 bits per heavy atom. The molecule has 2 heterocycles. The number of fused-ring (bicyclic) bond motifs is 1. The van der Waals surface area contributed by atoms with E-state index in [0.29, 0.717) is 12.2 Å². The van der Waals surface area contributed by atoms with Gasteiger partial charge in [0.2, 0.25) is 11.8 Å². The van der Waals surface area contributed by atoms with E-state index in [0.717, 1.165) is 22.3 Å². The number of H-pyrrole nitrogens is 1. The molecule has 0 radical (unpaired) electrons. The molecule has 0 aliphatic carbocycles. The number of amides is 2. The van der Waals surface area contributed by atoms with Crippen LogP contribution in [-0.4, -0.2) is 35.7 Å². The fraction of sp³-hybridized carbons (Fsp3) is 0.211. The van der Waals surface area contributed by atoms with Crippen molar-refractivity contribution in [1.29, 1.82) is 0 Å². The molecule has 1 aliphatic rings. The molecule has 2 amide bonds. The molecular formula is C19H18N4O3. The van der Waals surface area contributed by atoms with Gasteiger partial charge in [0.05, 0.1) is 24.7 Å². The molecule has 7 heteroatoms. The third kappa shape index (κ3) is 2.99. The fourth-order valence-electron chi connectivity index (χ4n) is 3.16. The molecule has 2 aromatic carbocycles. The SMILES string of the molecule is COc1ccc(N2C[C@H](C(=O)Nc3ccc4[nH]ncc4c3)CC2=O)cc1. The molecule has 1 aliphatic heterocycles. The molecule has 3 aromatic rings. The number of rotatable bonds is 4. The monoisotopic (exact) mass is 350 g/mol. The number of aromatic amines is 1. The van der Waals surface area contributed by atoms with E-state index in [2.05, 4.69) is 15.5 Å². The van der Waals surface area contributed by atoms with Crippen LogP contribution in [0.2, 0.25) is 0 Å². The number of carbonyl (C=O) groups excluding carboxylic acids is 2. The van der Waals surface area contributed by atoms with Gasteiger partial charge >= 0.3 is 0 Å². The van der Waals surface area contributed by atoms with Crippen LogP contribution in [0.5, 0.6) is 5.75 Å². The lowest BCUT2D eigenvalue weighted by atomic mass is 10.1. The number of nitrogens with zero attached hydrogens (tertiary/aromatic N) is 2. The van der Waals surface area contributed by atoms with Gasteiger partial charge in [0.1, 0.15) is 5.75 Å². The summed E-state index contributed by atoms with van der Waals surface area (Å²) in [5.74, 6) is 0.131. The molecule has 26 heavy (non-hydrogen) atoms. The van der Waals surface area contributed by atoms with Crippen molar-refractivity contribution in [3.63, 3.8) is 0 Å². The molecule has 0 unspecified atom stereocenters. The Bertz CT molecular complexity index is 964. The highest BCUT2D eigenvalue weighted by molar-refractivity contribution is 6.04. The van der Waals surface area contributed by atoms with E-state index in [1.165, 1.54) is 0 Å². The minimum Gasteiger partial charge on any atom is -0.497 e. The number of carbonyl (C=O) groups is 2. The number of hydrogen-bond donors (Lipinski definition) is 2. The normalized spacial score (nSPS) is 16.9. The van der Waals surface area contributed by atoms with Crippen molar-refractivity contribution in [3.05, 3.63) is 48.7 Å². The first-order valence-electron chi connectivity index (χ1n) is 8.32. The Morgan fingerprint density at radius 3 is 2.85 bits per heavy atom. The minimum atomic E-state index is -0.385. The summed E-state index contributed by atoms with van der Waals surface area (Å²) in [6.07, 6.45) is 1.90. The highest BCUT2D eigenvalue weighted by Gasteiger charge is 2.35. The second kappa shape index (κ2) is 6.51. The van der Waals surface area contributed by atoms with E-state index < -0.39 is 0 Å². The average Bonchev–Trinajstić information content (AvgIpc) is 3.28. The van der Waals surface area contributed by atoms with Gasteiger partial charge in [-0.1, -0.05) is 0 Å². The summed E-state index contributed by atoms with van der Waals surface area (Å²) in [5, 5.41) is 10.7. The van der Waals surface area contributed by atoms with Gasteiger partial charge in [0, 0.05) is 29.7 Å². The molecule has 0 spiro atoms. The van der Waals surface area contributed by atoms with E-state index in [9.17, 15) is 9.59 Å². The molecule has 4 rings (SSSR count). The zero-order valence-corrected chi connectivity index (χ0v) is 14.2. The Morgan fingerprint density at radius 1 is 1.27 bits per heavy atom. The Balaban J connectivity index is 1.45. The molecule has 1 saturated heterocycles. The molecule has 0 saturated carbocycles. The van der Waals surface area contributed by atoms with E-state index in [4.69, 9.17) is 4.74 Å². The molecule has 7 nitrogen and oxygen atoms in total. The van der Waals surface area contributed by atoms with Crippen molar-refractivity contribution >= 4 is 34.1 Å². The summed E-state index contributed by atoms with van der Waals surface area (Å²) >= 11 is 0. The molecule has 0 bridgehead atoms. The first-order chi connectivity index (χ1) is 12.6. The predicted octanol–water partition coefficient (Wildman–Crippen LogP) is 2.56. The van der Waals surface area contributed by atoms with Gasteiger partial charge in [0.15, 0.2) is 0 Å². The highest BCUT2D eigenvalue weighted by Crippen LogP contribution is 2.28. The molecular weight excluding hydrogens is 332 g/mol. The second-order valence-electron chi connectivity index (χ2n) is 6.26. The summed E-state index contributed by atoms with van der Waals surface area (Å²) in [5.41, 5.74) is 2.37. The van der Waals surface area contributed by atoms with Crippen LogP contribution >= 0.6 is 0 Å². The number of aromatic nitrogens is 2. The van der Waals surface area contributed by atoms with Crippen LogP contribution < -0.4 is 15.0 Å². The van der Waals surface area contributed by atoms with Crippen LogP contribution in [0.1, 0.15) is 6.42 Å². The lowest BCUT2D eigenvalue weighted by Crippen LogP contribution is -2.28.